The van der Waals surface area contributed by atoms with Gasteiger partial charge in [-0.1, -0.05) is 12.1 Å². The zero-order chi connectivity index (χ0) is 13.8. The van der Waals surface area contributed by atoms with Crippen LogP contribution in [0, 0.1) is 6.92 Å². The number of hydrogen-bond donors (Lipinski definition) is 2. The third-order valence-corrected chi connectivity index (χ3v) is 3.19. The van der Waals surface area contributed by atoms with Crippen LogP contribution >= 0.6 is 15.9 Å². The molecule has 2 aromatic rings. The van der Waals surface area contributed by atoms with E-state index in [1.807, 2.05) is 25.1 Å². The summed E-state index contributed by atoms with van der Waals surface area (Å²) >= 11 is 3.29. The first-order chi connectivity index (χ1) is 9.10. The third kappa shape index (κ3) is 3.39. The highest BCUT2D eigenvalue weighted by Gasteiger charge is 2.08. The van der Waals surface area contributed by atoms with Gasteiger partial charge in [-0.2, -0.15) is 0 Å². The standard InChI is InChI=1S/C14H14BrN3O/c1-9-12(6-7-13(15)17-9)18-14(19)11-4-2-10(8-16)3-5-11/h2-7H,8,16H2,1H3,(H,18,19). The van der Waals surface area contributed by atoms with Crippen LogP contribution in [0.1, 0.15) is 21.6 Å². The summed E-state index contributed by atoms with van der Waals surface area (Å²) < 4.78 is 0.746. The minimum absolute atomic E-state index is 0.157. The first kappa shape index (κ1) is 13.7. The number of carbonyl (C=O) groups is 1. The first-order valence-corrected chi connectivity index (χ1v) is 6.63. The number of aromatic nitrogens is 1. The molecule has 0 saturated heterocycles. The fraction of sp³-hybridized carbons (Fsp3) is 0.143. The van der Waals surface area contributed by atoms with Crippen molar-refractivity contribution in [2.75, 3.05) is 5.32 Å². The molecule has 3 N–H and O–H groups in total. The number of pyridine rings is 1. The molecule has 1 amide bonds. The Morgan fingerprint density at radius 3 is 2.53 bits per heavy atom. The lowest BCUT2D eigenvalue weighted by Gasteiger charge is -2.08. The van der Waals surface area contributed by atoms with Gasteiger partial charge in [0.15, 0.2) is 0 Å². The van der Waals surface area contributed by atoms with Crippen LogP contribution in [0.15, 0.2) is 41.0 Å². The van der Waals surface area contributed by atoms with E-state index in [1.54, 1.807) is 18.2 Å². The number of aryl methyl sites for hydroxylation is 1. The number of anilines is 1. The molecule has 2 rings (SSSR count). The van der Waals surface area contributed by atoms with Crippen molar-refractivity contribution in [1.82, 2.24) is 4.98 Å². The Hall–Kier alpha value is -1.72. The number of nitrogens with two attached hydrogens (primary N) is 1. The molecular weight excluding hydrogens is 306 g/mol. The molecule has 0 unspecified atom stereocenters. The van der Waals surface area contributed by atoms with Crippen LogP contribution in [-0.2, 0) is 6.54 Å². The van der Waals surface area contributed by atoms with Gasteiger partial charge in [-0.3, -0.25) is 4.79 Å². The van der Waals surface area contributed by atoms with Gasteiger partial charge in [0.1, 0.15) is 4.60 Å². The Labute approximate surface area is 120 Å². The third-order valence-electron chi connectivity index (χ3n) is 2.75. The summed E-state index contributed by atoms with van der Waals surface area (Å²) in [5.41, 5.74) is 8.59. The average Bonchev–Trinajstić information content (AvgIpc) is 2.42. The van der Waals surface area contributed by atoms with E-state index in [-0.39, 0.29) is 5.91 Å². The summed E-state index contributed by atoms with van der Waals surface area (Å²) in [5.74, 6) is -0.157. The van der Waals surface area contributed by atoms with Crippen molar-refractivity contribution in [2.24, 2.45) is 5.73 Å². The Kier molecular flexibility index (Phi) is 4.29. The van der Waals surface area contributed by atoms with Crippen LogP contribution in [0.4, 0.5) is 5.69 Å². The van der Waals surface area contributed by atoms with Crippen LogP contribution < -0.4 is 11.1 Å². The minimum atomic E-state index is -0.157. The summed E-state index contributed by atoms with van der Waals surface area (Å²) in [6, 6.07) is 10.8. The van der Waals surface area contributed by atoms with E-state index in [9.17, 15) is 4.79 Å². The quantitative estimate of drug-likeness (QED) is 0.855. The molecule has 1 aromatic heterocycles. The van der Waals surface area contributed by atoms with Crippen LogP contribution in [0.25, 0.3) is 0 Å². The second kappa shape index (κ2) is 5.95. The number of carbonyl (C=O) groups excluding carboxylic acids is 1. The monoisotopic (exact) mass is 319 g/mol. The maximum Gasteiger partial charge on any atom is 0.255 e. The number of nitrogens with one attached hydrogen (secondary N) is 1. The van der Waals surface area contributed by atoms with Gasteiger partial charge >= 0.3 is 0 Å². The molecule has 1 heterocycles. The van der Waals surface area contributed by atoms with Crippen LogP contribution in [0.3, 0.4) is 0 Å². The molecule has 0 aliphatic heterocycles. The highest BCUT2D eigenvalue weighted by molar-refractivity contribution is 9.10. The van der Waals surface area contributed by atoms with Gasteiger partial charge in [-0.25, -0.2) is 4.98 Å². The molecule has 98 valence electrons. The second-order valence-electron chi connectivity index (χ2n) is 4.12. The van der Waals surface area contributed by atoms with Crippen molar-refractivity contribution in [2.45, 2.75) is 13.5 Å². The van der Waals surface area contributed by atoms with E-state index < -0.39 is 0 Å². The van der Waals surface area contributed by atoms with E-state index in [4.69, 9.17) is 5.73 Å². The van der Waals surface area contributed by atoms with Gasteiger partial charge in [0.25, 0.3) is 5.91 Å². The Morgan fingerprint density at radius 2 is 1.95 bits per heavy atom. The van der Waals surface area contributed by atoms with Crippen molar-refractivity contribution in [3.8, 4) is 0 Å². The second-order valence-corrected chi connectivity index (χ2v) is 4.93. The minimum Gasteiger partial charge on any atom is -0.326 e. The van der Waals surface area contributed by atoms with Crippen molar-refractivity contribution < 1.29 is 4.79 Å². The molecule has 4 nitrogen and oxygen atoms in total. The lowest BCUT2D eigenvalue weighted by Crippen LogP contribution is -2.13. The lowest BCUT2D eigenvalue weighted by atomic mass is 10.1. The summed E-state index contributed by atoms with van der Waals surface area (Å²) in [5, 5.41) is 2.84. The molecule has 0 bridgehead atoms. The molecular formula is C14H14BrN3O. The molecule has 0 aliphatic rings. The number of rotatable bonds is 3. The smallest absolute Gasteiger partial charge is 0.255 e. The Balaban J connectivity index is 2.15. The van der Waals surface area contributed by atoms with Crippen molar-refractivity contribution in [3.63, 3.8) is 0 Å². The summed E-state index contributed by atoms with van der Waals surface area (Å²) in [7, 11) is 0. The van der Waals surface area contributed by atoms with E-state index in [0.717, 1.165) is 15.9 Å². The summed E-state index contributed by atoms with van der Waals surface area (Å²) in [4.78, 5) is 16.3. The molecule has 0 spiro atoms. The zero-order valence-electron chi connectivity index (χ0n) is 10.5. The summed E-state index contributed by atoms with van der Waals surface area (Å²) in [6.07, 6.45) is 0. The van der Waals surface area contributed by atoms with E-state index in [0.29, 0.717) is 17.8 Å². The van der Waals surface area contributed by atoms with Gasteiger partial charge in [0.05, 0.1) is 11.4 Å². The maximum atomic E-state index is 12.1. The predicted molar refractivity (Wildman–Crippen MR) is 79.0 cm³/mol. The molecule has 5 heteroatoms. The molecule has 0 fully saturated rings. The van der Waals surface area contributed by atoms with E-state index >= 15 is 0 Å². The van der Waals surface area contributed by atoms with Crippen LogP contribution in [0.2, 0.25) is 0 Å². The van der Waals surface area contributed by atoms with Crippen molar-refractivity contribution in [1.29, 1.82) is 0 Å². The SMILES string of the molecule is Cc1nc(Br)ccc1NC(=O)c1ccc(CN)cc1. The number of benzene rings is 1. The summed E-state index contributed by atoms with van der Waals surface area (Å²) in [6.45, 7) is 2.32. The number of nitrogens with zero attached hydrogens (tertiary/aromatic N) is 1. The van der Waals surface area contributed by atoms with Gasteiger partial charge in [-0.05, 0) is 52.7 Å². The normalized spacial score (nSPS) is 10.3. The lowest BCUT2D eigenvalue weighted by molar-refractivity contribution is 0.102. The van der Waals surface area contributed by atoms with Crippen LogP contribution in [-0.4, -0.2) is 10.9 Å². The maximum absolute atomic E-state index is 12.1. The van der Waals surface area contributed by atoms with Crippen LogP contribution in [0.5, 0.6) is 0 Å². The highest BCUT2D eigenvalue weighted by atomic mass is 79.9. The zero-order valence-corrected chi connectivity index (χ0v) is 12.1. The van der Waals surface area contributed by atoms with Gasteiger partial charge < -0.3 is 11.1 Å². The predicted octanol–water partition coefficient (Wildman–Crippen LogP) is 2.86. The van der Waals surface area contributed by atoms with Gasteiger partial charge in [-0.15, -0.1) is 0 Å². The Morgan fingerprint density at radius 1 is 1.26 bits per heavy atom. The first-order valence-electron chi connectivity index (χ1n) is 5.83. The topological polar surface area (TPSA) is 68.0 Å². The molecule has 0 saturated carbocycles. The van der Waals surface area contributed by atoms with Crippen molar-refractivity contribution >= 4 is 27.5 Å². The molecule has 0 atom stereocenters. The van der Waals surface area contributed by atoms with E-state index in [2.05, 4.69) is 26.2 Å². The Bertz CT molecular complexity index is 596. The largest absolute Gasteiger partial charge is 0.326 e. The fourth-order valence-electron chi connectivity index (χ4n) is 1.65. The van der Waals surface area contributed by atoms with Gasteiger partial charge in [0, 0.05) is 12.1 Å². The highest BCUT2D eigenvalue weighted by Crippen LogP contribution is 2.17. The molecule has 0 aliphatic carbocycles. The van der Waals surface area contributed by atoms with Crippen molar-refractivity contribution in [3.05, 3.63) is 57.8 Å². The van der Waals surface area contributed by atoms with Gasteiger partial charge in [0.2, 0.25) is 0 Å². The average molecular weight is 320 g/mol. The molecule has 0 radical (unpaired) electrons. The van der Waals surface area contributed by atoms with E-state index in [1.165, 1.54) is 0 Å². The number of hydrogen-bond acceptors (Lipinski definition) is 3. The molecule has 19 heavy (non-hydrogen) atoms. The number of halogens is 1. The molecule has 1 aromatic carbocycles. The fourth-order valence-corrected chi connectivity index (χ4v) is 2.05. The number of amides is 1.